The summed E-state index contributed by atoms with van der Waals surface area (Å²) in [6.45, 7) is 1.56. The fraction of sp³-hybridized carbons (Fsp3) is 0.409. The van der Waals surface area contributed by atoms with Crippen molar-refractivity contribution in [3.8, 4) is 0 Å². The molecule has 156 valence electrons. The molecule has 30 heavy (non-hydrogen) atoms. The van der Waals surface area contributed by atoms with Crippen molar-refractivity contribution in [1.82, 2.24) is 24.3 Å². The molecule has 3 aromatic rings. The van der Waals surface area contributed by atoms with Gasteiger partial charge < -0.3 is 24.1 Å². The molecule has 4 heterocycles. The van der Waals surface area contributed by atoms with E-state index >= 15 is 0 Å². The Morgan fingerprint density at radius 3 is 2.77 bits per heavy atom. The van der Waals surface area contributed by atoms with Gasteiger partial charge in [-0.25, -0.2) is 4.98 Å². The molecule has 2 aliphatic rings. The highest BCUT2D eigenvalue weighted by Gasteiger charge is 2.47. The first kappa shape index (κ1) is 18.9. The van der Waals surface area contributed by atoms with Gasteiger partial charge in [0, 0.05) is 69.5 Å². The van der Waals surface area contributed by atoms with E-state index in [2.05, 4.69) is 10.3 Å². The van der Waals surface area contributed by atoms with Gasteiger partial charge in [0.1, 0.15) is 11.4 Å². The van der Waals surface area contributed by atoms with Crippen molar-refractivity contribution in [2.45, 2.75) is 31.1 Å². The SMILES string of the molecule is CNC(=O)[C@H]1Cn2ccnc2C2(CCN(C(=O)c3cn(C)c4ccccc34)CC2)O1. The van der Waals surface area contributed by atoms with Crippen LogP contribution in [0.25, 0.3) is 10.9 Å². The van der Waals surface area contributed by atoms with E-state index in [4.69, 9.17) is 4.74 Å². The zero-order valence-electron chi connectivity index (χ0n) is 17.2. The molecule has 0 radical (unpaired) electrons. The van der Waals surface area contributed by atoms with E-state index in [1.807, 2.05) is 57.7 Å². The maximum absolute atomic E-state index is 13.3. The van der Waals surface area contributed by atoms with Gasteiger partial charge in [0.05, 0.1) is 12.1 Å². The van der Waals surface area contributed by atoms with Gasteiger partial charge in [-0.3, -0.25) is 9.59 Å². The molecule has 0 bridgehead atoms. The summed E-state index contributed by atoms with van der Waals surface area (Å²) in [6.07, 6.45) is 6.20. The molecule has 5 rings (SSSR count). The second kappa shape index (κ2) is 6.98. The standard InChI is InChI=1S/C22H25N5O3/c1-23-19(28)18-14-27-12-9-24-21(27)22(30-18)7-10-26(11-8-22)20(29)16-13-25(2)17-6-4-3-5-15(16)17/h3-6,9,12-13,18H,7-8,10-11,14H2,1-2H3,(H,23,28)/t18-/m1/s1. The number of nitrogens with zero attached hydrogens (tertiary/aromatic N) is 4. The molecule has 0 unspecified atom stereocenters. The summed E-state index contributed by atoms with van der Waals surface area (Å²) in [5.74, 6) is 0.742. The number of hydrogen-bond acceptors (Lipinski definition) is 4. The molecule has 1 fully saturated rings. The minimum Gasteiger partial charge on any atom is -0.357 e. The van der Waals surface area contributed by atoms with Gasteiger partial charge in [0.15, 0.2) is 6.10 Å². The van der Waals surface area contributed by atoms with Crippen LogP contribution < -0.4 is 5.32 Å². The van der Waals surface area contributed by atoms with Crippen molar-refractivity contribution in [1.29, 1.82) is 0 Å². The smallest absolute Gasteiger partial charge is 0.256 e. The third-order valence-electron chi connectivity index (χ3n) is 6.38. The molecule has 8 heteroatoms. The van der Waals surface area contributed by atoms with Crippen LogP contribution in [0.4, 0.5) is 0 Å². The Morgan fingerprint density at radius 1 is 1.23 bits per heavy atom. The van der Waals surface area contributed by atoms with E-state index in [1.165, 1.54) is 0 Å². The first-order valence-electron chi connectivity index (χ1n) is 10.3. The third-order valence-corrected chi connectivity index (χ3v) is 6.38. The minimum absolute atomic E-state index is 0.0312. The summed E-state index contributed by atoms with van der Waals surface area (Å²) in [5.41, 5.74) is 1.12. The third kappa shape index (κ3) is 2.82. The second-order valence-corrected chi connectivity index (χ2v) is 8.08. The molecular weight excluding hydrogens is 382 g/mol. The number of likely N-dealkylation sites (tertiary alicyclic amines) is 1. The number of aromatic nitrogens is 3. The van der Waals surface area contributed by atoms with Crippen molar-refractivity contribution in [2.24, 2.45) is 7.05 Å². The van der Waals surface area contributed by atoms with Crippen molar-refractivity contribution in [3.05, 3.63) is 54.2 Å². The number of piperidine rings is 1. The molecule has 2 aromatic heterocycles. The molecule has 1 atom stereocenters. The van der Waals surface area contributed by atoms with Crippen molar-refractivity contribution < 1.29 is 14.3 Å². The number of para-hydroxylation sites is 1. The summed E-state index contributed by atoms with van der Waals surface area (Å²) in [7, 11) is 3.58. The van der Waals surface area contributed by atoms with Crippen LogP contribution in [0.5, 0.6) is 0 Å². The van der Waals surface area contributed by atoms with Crippen LogP contribution in [0.15, 0.2) is 42.9 Å². The van der Waals surface area contributed by atoms with Gasteiger partial charge in [-0.1, -0.05) is 18.2 Å². The lowest BCUT2D eigenvalue weighted by Gasteiger charge is -2.45. The Kier molecular flexibility index (Phi) is 4.39. The van der Waals surface area contributed by atoms with Gasteiger partial charge in [-0.05, 0) is 6.07 Å². The zero-order chi connectivity index (χ0) is 20.9. The van der Waals surface area contributed by atoms with Crippen LogP contribution >= 0.6 is 0 Å². The predicted molar refractivity (Wildman–Crippen MR) is 111 cm³/mol. The Balaban J connectivity index is 1.39. The molecule has 1 spiro atoms. The van der Waals surface area contributed by atoms with E-state index in [0.717, 1.165) is 22.3 Å². The molecular formula is C22H25N5O3. The number of fused-ring (bicyclic) bond motifs is 3. The summed E-state index contributed by atoms with van der Waals surface area (Å²) >= 11 is 0. The van der Waals surface area contributed by atoms with Gasteiger partial charge >= 0.3 is 0 Å². The van der Waals surface area contributed by atoms with E-state index in [9.17, 15) is 9.59 Å². The van der Waals surface area contributed by atoms with Crippen molar-refractivity contribution >= 4 is 22.7 Å². The number of imidazole rings is 1. The summed E-state index contributed by atoms with van der Waals surface area (Å²) in [5, 5.41) is 3.65. The molecule has 2 amide bonds. The molecule has 1 N–H and O–H groups in total. The first-order valence-corrected chi connectivity index (χ1v) is 10.3. The van der Waals surface area contributed by atoms with Crippen LogP contribution in [-0.2, 0) is 28.7 Å². The quantitative estimate of drug-likeness (QED) is 0.701. The predicted octanol–water partition coefficient (Wildman–Crippen LogP) is 1.65. The normalized spacial score (nSPS) is 20.3. The number of aryl methyl sites for hydroxylation is 1. The number of rotatable bonds is 2. The molecule has 1 saturated heterocycles. The van der Waals surface area contributed by atoms with Gasteiger partial charge in [0.25, 0.3) is 11.8 Å². The van der Waals surface area contributed by atoms with E-state index in [0.29, 0.717) is 32.5 Å². The Hall–Kier alpha value is -3.13. The zero-order valence-corrected chi connectivity index (χ0v) is 17.2. The van der Waals surface area contributed by atoms with E-state index in [-0.39, 0.29) is 11.8 Å². The Morgan fingerprint density at radius 2 is 2.00 bits per heavy atom. The van der Waals surface area contributed by atoms with Crippen molar-refractivity contribution in [2.75, 3.05) is 20.1 Å². The molecule has 0 aliphatic carbocycles. The number of nitrogens with one attached hydrogen (secondary N) is 1. The number of carbonyl (C=O) groups is 2. The number of benzene rings is 1. The van der Waals surface area contributed by atoms with Crippen molar-refractivity contribution in [3.63, 3.8) is 0 Å². The average molecular weight is 407 g/mol. The maximum atomic E-state index is 13.3. The monoisotopic (exact) mass is 407 g/mol. The number of ether oxygens (including phenoxy) is 1. The highest BCUT2D eigenvalue weighted by atomic mass is 16.5. The van der Waals surface area contributed by atoms with Crippen LogP contribution in [0, 0.1) is 0 Å². The van der Waals surface area contributed by atoms with E-state index in [1.54, 1.807) is 13.2 Å². The fourth-order valence-electron chi connectivity index (χ4n) is 4.79. The molecule has 2 aliphatic heterocycles. The highest BCUT2D eigenvalue weighted by molar-refractivity contribution is 6.07. The number of likely N-dealkylation sites (N-methyl/N-ethyl adjacent to an activating group) is 1. The average Bonchev–Trinajstić information content (AvgIpc) is 3.39. The number of hydrogen-bond donors (Lipinski definition) is 1. The van der Waals surface area contributed by atoms with Crippen LogP contribution in [0.2, 0.25) is 0 Å². The lowest BCUT2D eigenvalue weighted by Crippen LogP contribution is -2.54. The number of carbonyl (C=O) groups excluding carboxylic acids is 2. The van der Waals surface area contributed by atoms with Crippen LogP contribution in [-0.4, -0.2) is 57.1 Å². The lowest BCUT2D eigenvalue weighted by molar-refractivity contribution is -0.171. The van der Waals surface area contributed by atoms with E-state index < -0.39 is 11.7 Å². The Labute approximate surface area is 174 Å². The van der Waals surface area contributed by atoms with Gasteiger partial charge in [-0.15, -0.1) is 0 Å². The first-order chi connectivity index (χ1) is 14.5. The van der Waals surface area contributed by atoms with Gasteiger partial charge in [-0.2, -0.15) is 0 Å². The molecule has 0 saturated carbocycles. The summed E-state index contributed by atoms with van der Waals surface area (Å²) in [4.78, 5) is 32.0. The lowest BCUT2D eigenvalue weighted by atomic mass is 9.88. The number of amides is 2. The maximum Gasteiger partial charge on any atom is 0.256 e. The largest absolute Gasteiger partial charge is 0.357 e. The Bertz CT molecular complexity index is 1120. The topological polar surface area (TPSA) is 81.4 Å². The molecule has 8 nitrogen and oxygen atoms in total. The summed E-state index contributed by atoms with van der Waals surface area (Å²) in [6, 6.07) is 7.94. The van der Waals surface area contributed by atoms with Crippen LogP contribution in [0.3, 0.4) is 0 Å². The van der Waals surface area contributed by atoms with Crippen LogP contribution in [0.1, 0.15) is 29.0 Å². The molecule has 1 aromatic carbocycles. The van der Waals surface area contributed by atoms with Gasteiger partial charge in [0.2, 0.25) is 0 Å². The highest BCUT2D eigenvalue weighted by Crippen LogP contribution is 2.40. The summed E-state index contributed by atoms with van der Waals surface area (Å²) < 4.78 is 10.3. The fourth-order valence-corrected chi connectivity index (χ4v) is 4.79. The second-order valence-electron chi connectivity index (χ2n) is 8.08. The minimum atomic E-state index is -0.644.